The summed E-state index contributed by atoms with van der Waals surface area (Å²) >= 11 is 5.57. The van der Waals surface area contributed by atoms with Crippen molar-refractivity contribution in [2.24, 2.45) is 11.5 Å². The van der Waals surface area contributed by atoms with E-state index in [9.17, 15) is 29.4 Å². The molecule has 0 saturated heterocycles. The Labute approximate surface area is 348 Å². The van der Waals surface area contributed by atoms with E-state index in [4.69, 9.17) is 31.9 Å². The highest BCUT2D eigenvalue weighted by Gasteiger charge is 2.22. The number of aliphatic hydroxyl groups excluding tert-OH is 2. The van der Waals surface area contributed by atoms with Crippen molar-refractivity contribution >= 4 is 45.6 Å². The van der Waals surface area contributed by atoms with E-state index in [1.165, 1.54) is 33.7 Å². The Bertz CT molecular complexity index is 2930. The molecule has 0 unspecified atom stereocenters. The number of halogens is 1. The number of primary amides is 2. The molecule has 7 N–H and O–H groups in total. The van der Waals surface area contributed by atoms with Crippen LogP contribution in [0.1, 0.15) is 78.3 Å². The van der Waals surface area contributed by atoms with Crippen LogP contribution in [0, 0.1) is 27.7 Å². The molecule has 2 atom stereocenters. The molecule has 22 nitrogen and oxygen atoms in total. The molecule has 0 fully saturated rings. The SMILES string of the molecule is Cc1ccc([C@@H](O)Cn2nnc(CCl)n2)cc1.Cc1ccc([C@@H](O)Cn2nnc(Cn3cnc4oc(C)c(C(N)=O)c4c3=O)n2)cc1.Cc1oc2nc[nH]c(=O)c2c1C(N)=O. The zero-order chi connectivity index (χ0) is 44.0. The first kappa shape index (κ1) is 43.2. The maximum atomic E-state index is 12.8. The molecule has 0 aliphatic carbocycles. The van der Waals surface area contributed by atoms with E-state index in [1.54, 1.807) is 6.92 Å². The number of nitrogens with two attached hydrogens (primary N) is 2. The predicted octanol–water partition coefficient (Wildman–Crippen LogP) is 1.85. The van der Waals surface area contributed by atoms with Crippen LogP contribution in [-0.4, -0.2) is 82.0 Å². The lowest BCUT2D eigenvalue weighted by atomic mass is 10.1. The van der Waals surface area contributed by atoms with E-state index in [1.807, 2.05) is 62.4 Å². The van der Waals surface area contributed by atoms with E-state index in [0.717, 1.165) is 22.3 Å². The van der Waals surface area contributed by atoms with Gasteiger partial charge in [-0.25, -0.2) is 9.97 Å². The minimum absolute atomic E-state index is 0.00897. The van der Waals surface area contributed by atoms with Crippen LogP contribution in [0.4, 0.5) is 0 Å². The number of benzene rings is 2. The maximum Gasteiger partial charge on any atom is 0.265 e. The predicted molar refractivity (Wildman–Crippen MR) is 216 cm³/mol. The fourth-order valence-electron chi connectivity index (χ4n) is 5.97. The van der Waals surface area contributed by atoms with Crippen molar-refractivity contribution in [3.8, 4) is 0 Å². The number of aliphatic hydroxyl groups is 2. The van der Waals surface area contributed by atoms with E-state index in [2.05, 4.69) is 45.8 Å². The molecule has 6 heterocycles. The first-order valence-electron chi connectivity index (χ1n) is 18.3. The van der Waals surface area contributed by atoms with Gasteiger partial charge in [-0.1, -0.05) is 59.7 Å². The van der Waals surface area contributed by atoms with E-state index >= 15 is 0 Å². The van der Waals surface area contributed by atoms with Gasteiger partial charge in [-0.2, -0.15) is 9.59 Å². The number of nitrogens with one attached hydrogen (secondary N) is 1. The minimum Gasteiger partial charge on any atom is -0.442 e. The van der Waals surface area contributed by atoms with E-state index < -0.39 is 35.1 Å². The molecule has 316 valence electrons. The first-order chi connectivity index (χ1) is 29.1. The molecule has 6 aromatic heterocycles. The van der Waals surface area contributed by atoms with Gasteiger partial charge in [-0.3, -0.25) is 23.7 Å². The van der Waals surface area contributed by atoms with Crippen LogP contribution >= 0.6 is 11.6 Å². The van der Waals surface area contributed by atoms with Crippen LogP contribution in [-0.2, 0) is 25.5 Å². The average molecular weight is 855 g/mol. The van der Waals surface area contributed by atoms with Crippen molar-refractivity contribution in [2.45, 2.75) is 65.4 Å². The number of aryl methyl sites for hydroxylation is 4. The molecule has 23 heteroatoms. The van der Waals surface area contributed by atoms with Gasteiger partial charge >= 0.3 is 0 Å². The summed E-state index contributed by atoms with van der Waals surface area (Å²) in [4.78, 5) is 59.7. The Morgan fingerprint density at radius 1 is 0.738 bits per heavy atom. The summed E-state index contributed by atoms with van der Waals surface area (Å²) in [5.41, 5.74) is 13.6. The largest absolute Gasteiger partial charge is 0.442 e. The fraction of sp³-hybridized carbons (Fsp3) is 0.263. The highest BCUT2D eigenvalue weighted by atomic mass is 35.5. The van der Waals surface area contributed by atoms with Crippen molar-refractivity contribution < 1.29 is 28.6 Å². The molecule has 0 saturated carbocycles. The van der Waals surface area contributed by atoms with Gasteiger partial charge in [-0.05, 0) is 49.2 Å². The van der Waals surface area contributed by atoms with Gasteiger partial charge in [0.25, 0.3) is 22.9 Å². The number of amides is 2. The molecule has 8 aromatic rings. The average Bonchev–Trinajstić information content (AvgIpc) is 4.02. The van der Waals surface area contributed by atoms with Gasteiger partial charge in [0.1, 0.15) is 40.8 Å². The van der Waals surface area contributed by atoms with Crippen LogP contribution in [0.3, 0.4) is 0 Å². The van der Waals surface area contributed by atoms with Crippen LogP contribution in [0.15, 0.2) is 79.6 Å². The van der Waals surface area contributed by atoms with Gasteiger partial charge < -0.3 is 35.5 Å². The third-order valence-corrected chi connectivity index (χ3v) is 9.27. The molecule has 2 aromatic carbocycles. The molecule has 61 heavy (non-hydrogen) atoms. The number of alkyl halides is 1. The first-order valence-corrected chi connectivity index (χ1v) is 18.8. The summed E-state index contributed by atoms with van der Waals surface area (Å²) in [6.45, 7) is 7.42. The van der Waals surface area contributed by atoms with Crippen LogP contribution in [0.2, 0.25) is 0 Å². The zero-order valence-electron chi connectivity index (χ0n) is 33.1. The number of carbonyl (C=O) groups is 2. The standard InChI is InChI=1S/C19H19N7O4.C11H13ClN4O.C8H7N3O3/c1-10-3-5-12(6-4-10)13(27)7-26-23-14(22-24-26)8-25-9-21-18-16(19(25)29)15(17(20)28)11(2)30-18;1-8-2-4-9(5-3-8)10(17)7-16-14-11(6-12)13-15-16;1-3-4(6(9)12)5-7(13)10-2-11-8(5)14-3/h3-6,9,13,27H,7-8H2,1-2H3,(H2,20,28);2-5,10,17H,6-7H2,1H3;2H,1H3,(H2,9,12)(H,10,11,13)/t13-;10-;/m00./s1. The normalized spacial score (nSPS) is 12.0. The number of furan rings is 2. The Balaban J connectivity index is 0.000000169. The Hall–Kier alpha value is -7.43. The van der Waals surface area contributed by atoms with Crippen molar-refractivity contribution in [2.75, 3.05) is 0 Å². The summed E-state index contributed by atoms with van der Waals surface area (Å²) in [5, 5.41) is 44.1. The summed E-state index contributed by atoms with van der Waals surface area (Å²) in [6.07, 6.45) is 1.03. The molecule has 0 bridgehead atoms. The second-order valence-corrected chi connectivity index (χ2v) is 13.8. The van der Waals surface area contributed by atoms with Crippen molar-refractivity contribution in [1.29, 1.82) is 0 Å². The monoisotopic (exact) mass is 854 g/mol. The number of aromatic nitrogens is 12. The molecule has 8 rings (SSSR count). The quantitative estimate of drug-likeness (QED) is 0.116. The van der Waals surface area contributed by atoms with Gasteiger partial charge in [0, 0.05) is 0 Å². The molecule has 0 spiro atoms. The minimum atomic E-state index is -0.805. The molecule has 0 radical (unpaired) electrons. The second kappa shape index (κ2) is 18.7. The summed E-state index contributed by atoms with van der Waals surface area (Å²) in [7, 11) is 0. The number of hydrogen-bond acceptors (Lipinski definition) is 16. The summed E-state index contributed by atoms with van der Waals surface area (Å²) in [6, 6.07) is 15.2. The highest BCUT2D eigenvalue weighted by Crippen LogP contribution is 2.21. The topological polar surface area (TPSA) is 321 Å². The molecule has 0 aliphatic rings. The maximum absolute atomic E-state index is 12.8. The lowest BCUT2D eigenvalue weighted by Crippen LogP contribution is -2.24. The highest BCUT2D eigenvalue weighted by molar-refractivity contribution is 6.16. The van der Waals surface area contributed by atoms with Crippen molar-refractivity contribution in [3.05, 3.63) is 138 Å². The smallest absolute Gasteiger partial charge is 0.265 e. The molecular weight excluding hydrogens is 816 g/mol. The number of fused-ring (bicyclic) bond motifs is 2. The van der Waals surface area contributed by atoms with Crippen LogP contribution in [0.25, 0.3) is 22.2 Å². The van der Waals surface area contributed by atoms with Crippen LogP contribution < -0.4 is 22.6 Å². The number of tetrazole rings is 2. The molecule has 0 aliphatic heterocycles. The third-order valence-electron chi connectivity index (χ3n) is 9.03. The number of H-pyrrole nitrogens is 1. The number of aromatic amines is 1. The summed E-state index contributed by atoms with van der Waals surface area (Å²) in [5.74, 6) is 0.00108. The number of carbonyl (C=O) groups excluding carboxylic acids is 2. The lowest BCUT2D eigenvalue weighted by molar-refractivity contribution is 0.0991. The Morgan fingerprint density at radius 3 is 1.70 bits per heavy atom. The summed E-state index contributed by atoms with van der Waals surface area (Å²) < 4.78 is 11.7. The van der Waals surface area contributed by atoms with Crippen molar-refractivity contribution in [3.63, 3.8) is 0 Å². The number of rotatable bonds is 11. The van der Waals surface area contributed by atoms with Gasteiger partial charge in [0.15, 0.2) is 11.6 Å². The fourth-order valence-corrected chi connectivity index (χ4v) is 6.08. The van der Waals surface area contributed by atoms with Crippen LogP contribution in [0.5, 0.6) is 0 Å². The van der Waals surface area contributed by atoms with Gasteiger partial charge in [0.05, 0.1) is 43.0 Å². The zero-order valence-corrected chi connectivity index (χ0v) is 33.8. The van der Waals surface area contributed by atoms with E-state index in [0.29, 0.717) is 11.6 Å². The Kier molecular flexibility index (Phi) is 13.2. The van der Waals surface area contributed by atoms with Gasteiger partial charge in [0.2, 0.25) is 11.4 Å². The third kappa shape index (κ3) is 10.1. The number of nitrogens with zero attached hydrogens (tertiary/aromatic N) is 11. The molecular formula is C38H39ClN14O8. The molecule has 2 amide bonds. The van der Waals surface area contributed by atoms with E-state index in [-0.39, 0.29) is 70.4 Å². The second-order valence-electron chi connectivity index (χ2n) is 13.6. The van der Waals surface area contributed by atoms with Gasteiger partial charge in [-0.15, -0.1) is 32.0 Å². The van der Waals surface area contributed by atoms with Crippen molar-refractivity contribution in [1.82, 2.24) is 59.9 Å². The number of hydrogen-bond donors (Lipinski definition) is 5. The Morgan fingerprint density at radius 2 is 1.21 bits per heavy atom. The lowest BCUT2D eigenvalue weighted by Gasteiger charge is -2.09.